The third kappa shape index (κ3) is 14.3. The highest BCUT2D eigenvalue weighted by atomic mass is 16.5. The van der Waals surface area contributed by atoms with Gasteiger partial charge in [-0.2, -0.15) is 0 Å². The average Bonchev–Trinajstić information content (AvgIpc) is 3.69. The molecule has 248 valence electrons. The number of imidazole rings is 1. The quantitative estimate of drug-likeness (QED) is 0.345. The predicted molar refractivity (Wildman–Crippen MR) is 175 cm³/mol. The zero-order chi connectivity index (χ0) is 32.2. The molecule has 43 heavy (non-hydrogen) atoms. The number of likely N-dealkylation sites (tertiary alicyclic amines) is 2. The van der Waals surface area contributed by atoms with Crippen molar-refractivity contribution in [1.29, 1.82) is 0 Å². The van der Waals surface area contributed by atoms with E-state index in [9.17, 15) is 14.4 Å². The van der Waals surface area contributed by atoms with Gasteiger partial charge in [0.1, 0.15) is 0 Å². The van der Waals surface area contributed by atoms with E-state index in [1.807, 2.05) is 47.3 Å². The van der Waals surface area contributed by atoms with Gasteiger partial charge in [0.2, 0.25) is 17.7 Å². The molecule has 4 rings (SSSR count). The summed E-state index contributed by atoms with van der Waals surface area (Å²) in [5.74, 6) is 1.15. The lowest BCUT2D eigenvalue weighted by molar-refractivity contribution is -0.139. The first-order valence-electron chi connectivity index (χ1n) is 17.0. The van der Waals surface area contributed by atoms with Crippen molar-refractivity contribution in [3.8, 4) is 0 Å². The lowest BCUT2D eigenvalue weighted by Gasteiger charge is -2.28. The molecule has 0 spiro atoms. The molecule has 3 aliphatic rings. The molecule has 4 heterocycles. The topological polar surface area (TPSA) is 88.0 Å². The second kappa shape index (κ2) is 22.1. The Morgan fingerprint density at radius 1 is 0.744 bits per heavy atom. The number of amides is 3. The fourth-order valence-electron chi connectivity index (χ4n) is 5.06. The Labute approximate surface area is 262 Å². The van der Waals surface area contributed by atoms with E-state index in [1.54, 1.807) is 0 Å². The maximum absolute atomic E-state index is 11.6. The Kier molecular flexibility index (Phi) is 19.9. The fourth-order valence-corrected chi connectivity index (χ4v) is 5.06. The zero-order valence-corrected chi connectivity index (χ0v) is 28.7. The Morgan fingerprint density at radius 3 is 1.74 bits per heavy atom. The van der Waals surface area contributed by atoms with E-state index in [2.05, 4.69) is 51.1 Å². The zero-order valence-electron chi connectivity index (χ0n) is 28.7. The Hall–Kier alpha value is -2.42. The summed E-state index contributed by atoms with van der Waals surface area (Å²) in [6.45, 7) is 21.8. The van der Waals surface area contributed by atoms with Gasteiger partial charge >= 0.3 is 0 Å². The van der Waals surface area contributed by atoms with Crippen LogP contribution < -0.4 is 0 Å². The summed E-state index contributed by atoms with van der Waals surface area (Å²) in [4.78, 5) is 44.1. The van der Waals surface area contributed by atoms with Gasteiger partial charge in [-0.15, -0.1) is 0 Å². The molecule has 0 aliphatic carbocycles. The van der Waals surface area contributed by atoms with Gasteiger partial charge in [-0.1, -0.05) is 41.0 Å². The molecule has 3 saturated heterocycles. The van der Waals surface area contributed by atoms with E-state index in [0.717, 1.165) is 77.5 Å². The number of hydrogen-bond acceptors (Lipinski definition) is 5. The van der Waals surface area contributed by atoms with Crippen molar-refractivity contribution in [2.75, 3.05) is 39.4 Å². The molecule has 3 amide bonds. The average molecular weight is 606 g/mol. The maximum Gasteiger partial charge on any atom is 0.225 e. The number of nitrogens with zero attached hydrogens (tertiary/aromatic N) is 5. The lowest BCUT2D eigenvalue weighted by atomic mass is 10.1. The number of rotatable bonds is 8. The minimum Gasteiger partial charge on any atom is -0.378 e. The van der Waals surface area contributed by atoms with Crippen LogP contribution in [0.15, 0.2) is 18.7 Å². The van der Waals surface area contributed by atoms with Gasteiger partial charge in [0.05, 0.1) is 19.5 Å². The van der Waals surface area contributed by atoms with E-state index in [1.165, 1.54) is 12.8 Å². The highest BCUT2D eigenvalue weighted by molar-refractivity contribution is 5.79. The predicted octanol–water partition coefficient (Wildman–Crippen LogP) is 6.34. The number of ether oxygens (including phenoxy) is 1. The highest BCUT2D eigenvalue weighted by Crippen LogP contribution is 2.16. The van der Waals surface area contributed by atoms with Crippen molar-refractivity contribution in [3.05, 3.63) is 18.7 Å². The van der Waals surface area contributed by atoms with Crippen molar-refractivity contribution in [2.45, 2.75) is 138 Å². The molecule has 1 aromatic heterocycles. The van der Waals surface area contributed by atoms with Crippen molar-refractivity contribution in [1.82, 2.24) is 24.3 Å². The summed E-state index contributed by atoms with van der Waals surface area (Å²) in [5.41, 5.74) is 0. The summed E-state index contributed by atoms with van der Waals surface area (Å²) in [6.07, 6.45) is 16.0. The highest BCUT2D eigenvalue weighted by Gasteiger charge is 2.23. The van der Waals surface area contributed by atoms with Crippen molar-refractivity contribution in [3.63, 3.8) is 0 Å². The molecule has 3 fully saturated rings. The summed E-state index contributed by atoms with van der Waals surface area (Å²) >= 11 is 0. The van der Waals surface area contributed by atoms with E-state index in [4.69, 9.17) is 4.74 Å². The Morgan fingerprint density at radius 2 is 1.28 bits per heavy atom. The van der Waals surface area contributed by atoms with Gasteiger partial charge in [-0.25, -0.2) is 4.98 Å². The molecule has 0 N–H and O–H groups in total. The number of carbonyl (C=O) groups excluding carboxylic acids is 3. The Balaban J connectivity index is 0.000000289. The number of carbonyl (C=O) groups is 3. The minimum atomic E-state index is 0.170. The van der Waals surface area contributed by atoms with Crippen molar-refractivity contribution < 1.29 is 19.1 Å². The van der Waals surface area contributed by atoms with Crippen LogP contribution in [0.1, 0.15) is 126 Å². The first-order valence-corrected chi connectivity index (χ1v) is 17.0. The maximum atomic E-state index is 11.6. The van der Waals surface area contributed by atoms with E-state index in [0.29, 0.717) is 43.2 Å². The van der Waals surface area contributed by atoms with E-state index >= 15 is 0 Å². The SMILES string of the molecule is CC[C@@H](C)C(=O)N1CCOCC1.CC[C@@H](C)N1CCCC1=O.CC[C@@H](C)N1CCCCCC1=O.CC[C@@H](C)n1ccnc1. The summed E-state index contributed by atoms with van der Waals surface area (Å²) in [5, 5.41) is 0. The molecule has 0 aromatic carbocycles. The van der Waals surface area contributed by atoms with Gasteiger partial charge in [0, 0.05) is 75.5 Å². The molecular formula is C34H63N5O4. The van der Waals surface area contributed by atoms with Gasteiger partial charge in [0.15, 0.2) is 0 Å². The summed E-state index contributed by atoms with van der Waals surface area (Å²) < 4.78 is 7.28. The second-order valence-electron chi connectivity index (χ2n) is 12.1. The number of aromatic nitrogens is 2. The van der Waals surface area contributed by atoms with Crippen LogP contribution in [0.3, 0.4) is 0 Å². The molecule has 0 radical (unpaired) electrons. The van der Waals surface area contributed by atoms with Crippen LogP contribution in [0.2, 0.25) is 0 Å². The van der Waals surface area contributed by atoms with Gasteiger partial charge in [-0.3, -0.25) is 14.4 Å². The molecule has 0 bridgehead atoms. The van der Waals surface area contributed by atoms with Crippen LogP contribution >= 0.6 is 0 Å². The molecule has 4 atom stereocenters. The lowest BCUT2D eigenvalue weighted by Crippen LogP contribution is -2.43. The van der Waals surface area contributed by atoms with Crippen LogP contribution in [0, 0.1) is 5.92 Å². The molecule has 0 saturated carbocycles. The first-order chi connectivity index (χ1) is 20.6. The minimum absolute atomic E-state index is 0.170. The molecule has 3 aliphatic heterocycles. The third-order valence-corrected chi connectivity index (χ3v) is 8.95. The van der Waals surface area contributed by atoms with Crippen LogP contribution in [0.5, 0.6) is 0 Å². The second-order valence-corrected chi connectivity index (χ2v) is 12.1. The van der Waals surface area contributed by atoms with Gasteiger partial charge in [0.25, 0.3) is 0 Å². The largest absolute Gasteiger partial charge is 0.378 e. The fraction of sp³-hybridized carbons (Fsp3) is 0.824. The molecule has 9 heteroatoms. The van der Waals surface area contributed by atoms with Gasteiger partial charge in [-0.05, 0) is 65.7 Å². The van der Waals surface area contributed by atoms with Crippen LogP contribution in [-0.4, -0.2) is 93.4 Å². The van der Waals surface area contributed by atoms with Crippen LogP contribution in [0.25, 0.3) is 0 Å². The first kappa shape index (κ1) is 38.6. The van der Waals surface area contributed by atoms with E-state index in [-0.39, 0.29) is 11.8 Å². The monoisotopic (exact) mass is 605 g/mol. The summed E-state index contributed by atoms with van der Waals surface area (Å²) in [6, 6.07) is 1.48. The molecular weight excluding hydrogens is 542 g/mol. The van der Waals surface area contributed by atoms with Crippen molar-refractivity contribution in [2.24, 2.45) is 5.92 Å². The molecule has 1 aromatic rings. The van der Waals surface area contributed by atoms with Crippen LogP contribution in [-0.2, 0) is 19.1 Å². The standard InChI is InChI=1S/C10H19NO.C9H17NO2.C8H15NO.C7H12N2/c1-3-9(2)11-8-6-4-5-7-10(11)12;1-3-8(2)9(11)10-4-6-12-7-5-10;1-3-7(2)9-6-4-5-8(9)10;1-3-7(2)9-5-4-8-6-9/h9H,3-8H2,1-2H3;8H,3-7H2,1-2H3;7H,3-6H2,1-2H3;4-7H,3H2,1-2H3/t9-;8-;2*7-/m1111/s1. The number of hydrogen-bond donors (Lipinski definition) is 0. The number of morpholine rings is 1. The Bertz CT molecular complexity index is 887. The summed E-state index contributed by atoms with van der Waals surface area (Å²) in [7, 11) is 0. The molecule has 0 unspecified atom stereocenters. The van der Waals surface area contributed by atoms with E-state index < -0.39 is 0 Å². The molecule has 9 nitrogen and oxygen atoms in total. The third-order valence-electron chi connectivity index (χ3n) is 8.95. The normalized spacial score (nSPS) is 19.9. The van der Waals surface area contributed by atoms with Gasteiger partial charge < -0.3 is 24.0 Å². The van der Waals surface area contributed by atoms with Crippen LogP contribution in [0.4, 0.5) is 0 Å². The van der Waals surface area contributed by atoms with Crippen molar-refractivity contribution >= 4 is 17.7 Å². The smallest absolute Gasteiger partial charge is 0.225 e.